The van der Waals surface area contributed by atoms with E-state index in [0.29, 0.717) is 6.42 Å². The first-order valence-electron chi connectivity index (χ1n) is 5.23. The van der Waals surface area contributed by atoms with Gasteiger partial charge in [0.25, 0.3) is 0 Å². The Morgan fingerprint density at radius 2 is 2.14 bits per heavy atom. The minimum atomic E-state index is -3.01. The van der Waals surface area contributed by atoms with Gasteiger partial charge >= 0.3 is 0 Å². The number of unbranched alkanes of at least 4 members (excludes halogenated alkanes) is 1. The van der Waals surface area contributed by atoms with Gasteiger partial charge in [0.15, 0.2) is 9.84 Å². The average Bonchev–Trinajstić information content (AvgIpc) is 2.63. The van der Waals surface area contributed by atoms with Gasteiger partial charge in [-0.05, 0) is 19.3 Å². The van der Waals surface area contributed by atoms with E-state index in [1.165, 1.54) is 0 Å². The Morgan fingerprint density at radius 1 is 1.43 bits per heavy atom. The second-order valence-electron chi connectivity index (χ2n) is 3.93. The van der Waals surface area contributed by atoms with E-state index in [0.717, 1.165) is 25.7 Å². The maximum atomic E-state index is 11.8. The van der Waals surface area contributed by atoms with Crippen LogP contribution in [0.2, 0.25) is 0 Å². The lowest BCUT2D eigenvalue weighted by atomic mass is 10.1. The van der Waals surface area contributed by atoms with Crippen molar-refractivity contribution in [2.75, 3.05) is 5.75 Å². The van der Waals surface area contributed by atoms with Crippen molar-refractivity contribution in [2.45, 2.75) is 44.3 Å². The molecule has 3 nitrogen and oxygen atoms in total. The molecular formula is C10H17NO2S. The summed E-state index contributed by atoms with van der Waals surface area (Å²) in [6.07, 6.45) is 3.94. The summed E-state index contributed by atoms with van der Waals surface area (Å²) in [6, 6.07) is 2.12. The van der Waals surface area contributed by atoms with Gasteiger partial charge < -0.3 is 0 Å². The molecule has 0 amide bonds. The predicted octanol–water partition coefficient (Wildman–Crippen LogP) is 1.89. The van der Waals surface area contributed by atoms with E-state index >= 15 is 0 Å². The normalized spacial score (nSPS) is 27.4. The molecule has 0 aromatic carbocycles. The molecule has 0 aromatic rings. The van der Waals surface area contributed by atoms with Crippen LogP contribution in [0.3, 0.4) is 0 Å². The van der Waals surface area contributed by atoms with Gasteiger partial charge in [0.2, 0.25) is 0 Å². The molecule has 1 saturated carbocycles. The highest BCUT2D eigenvalue weighted by Crippen LogP contribution is 2.31. The Bertz CT molecular complexity index is 316. The molecule has 0 aromatic heterocycles. The molecule has 0 radical (unpaired) electrons. The third kappa shape index (κ3) is 2.48. The van der Waals surface area contributed by atoms with Gasteiger partial charge in [-0.25, -0.2) is 8.42 Å². The standard InChI is InChI=1S/C10H17NO2S/c1-2-3-7-14(12,13)10-6-4-5-9(10)8-11/h9-10H,2-7H2,1H3. The van der Waals surface area contributed by atoms with Crippen LogP contribution in [-0.4, -0.2) is 19.4 Å². The molecule has 80 valence electrons. The highest BCUT2D eigenvalue weighted by Gasteiger charge is 2.36. The smallest absolute Gasteiger partial charge is 0.154 e. The first kappa shape index (κ1) is 11.5. The summed E-state index contributed by atoms with van der Waals surface area (Å²) in [4.78, 5) is 0. The molecular weight excluding hydrogens is 198 g/mol. The van der Waals surface area contributed by atoms with Crippen molar-refractivity contribution in [3.05, 3.63) is 0 Å². The molecule has 14 heavy (non-hydrogen) atoms. The van der Waals surface area contributed by atoms with Crippen LogP contribution < -0.4 is 0 Å². The highest BCUT2D eigenvalue weighted by atomic mass is 32.2. The summed E-state index contributed by atoms with van der Waals surface area (Å²) in [5, 5.41) is 8.43. The third-order valence-corrected chi connectivity index (χ3v) is 5.21. The fourth-order valence-corrected chi connectivity index (χ4v) is 4.22. The van der Waals surface area contributed by atoms with Crippen molar-refractivity contribution >= 4 is 9.84 Å². The summed E-state index contributed by atoms with van der Waals surface area (Å²) in [5.41, 5.74) is 0. The molecule has 0 saturated heterocycles. The van der Waals surface area contributed by atoms with Gasteiger partial charge in [-0.1, -0.05) is 19.8 Å². The van der Waals surface area contributed by atoms with Gasteiger partial charge in [-0.15, -0.1) is 0 Å². The van der Waals surface area contributed by atoms with Crippen molar-refractivity contribution in [3.8, 4) is 6.07 Å². The topological polar surface area (TPSA) is 57.9 Å². The Kier molecular flexibility index (Phi) is 3.94. The van der Waals surface area contributed by atoms with Crippen molar-refractivity contribution in [2.24, 2.45) is 5.92 Å². The second kappa shape index (κ2) is 4.79. The van der Waals surface area contributed by atoms with E-state index < -0.39 is 9.84 Å². The Labute approximate surface area is 86.0 Å². The number of rotatable bonds is 4. The number of nitrogens with zero attached hydrogens (tertiary/aromatic N) is 1. The van der Waals surface area contributed by atoms with Crippen molar-refractivity contribution < 1.29 is 8.42 Å². The molecule has 2 atom stereocenters. The monoisotopic (exact) mass is 215 g/mol. The minimum absolute atomic E-state index is 0.253. The maximum Gasteiger partial charge on any atom is 0.154 e. The molecule has 0 aliphatic heterocycles. The number of sulfone groups is 1. The third-order valence-electron chi connectivity index (χ3n) is 2.86. The van der Waals surface area contributed by atoms with E-state index in [4.69, 9.17) is 5.26 Å². The van der Waals surface area contributed by atoms with Crippen LogP contribution in [0.15, 0.2) is 0 Å². The highest BCUT2D eigenvalue weighted by molar-refractivity contribution is 7.92. The van der Waals surface area contributed by atoms with Gasteiger partial charge in [-0.3, -0.25) is 0 Å². The van der Waals surface area contributed by atoms with Gasteiger partial charge in [0, 0.05) is 0 Å². The molecule has 1 aliphatic carbocycles. The molecule has 2 unspecified atom stereocenters. The molecule has 0 bridgehead atoms. The van der Waals surface area contributed by atoms with Crippen LogP contribution in [0.1, 0.15) is 39.0 Å². The fraction of sp³-hybridized carbons (Fsp3) is 0.900. The van der Waals surface area contributed by atoms with Crippen LogP contribution in [0.4, 0.5) is 0 Å². The van der Waals surface area contributed by atoms with Crippen LogP contribution in [0, 0.1) is 17.2 Å². The predicted molar refractivity (Wildman–Crippen MR) is 55.4 cm³/mol. The molecule has 1 fully saturated rings. The summed E-state index contributed by atoms with van der Waals surface area (Å²) >= 11 is 0. The van der Waals surface area contributed by atoms with Gasteiger partial charge in [0.05, 0.1) is 23.0 Å². The molecule has 0 heterocycles. The molecule has 4 heteroatoms. The second-order valence-corrected chi connectivity index (χ2v) is 6.26. The molecule has 1 rings (SSSR count). The van der Waals surface area contributed by atoms with Gasteiger partial charge in [0.1, 0.15) is 0 Å². The first-order chi connectivity index (χ1) is 6.61. The van der Waals surface area contributed by atoms with Crippen molar-refractivity contribution in [1.82, 2.24) is 0 Å². The van der Waals surface area contributed by atoms with Gasteiger partial charge in [-0.2, -0.15) is 5.26 Å². The lowest BCUT2D eigenvalue weighted by molar-refractivity contribution is 0.562. The SMILES string of the molecule is CCCCS(=O)(=O)C1CCCC1C#N. The molecule has 0 N–H and O–H groups in total. The Balaban J connectivity index is 2.68. The quantitative estimate of drug-likeness (QED) is 0.719. The van der Waals surface area contributed by atoms with E-state index in [1.54, 1.807) is 0 Å². The molecule has 1 aliphatic rings. The summed E-state index contributed by atoms with van der Waals surface area (Å²) in [5.74, 6) is 0.00339. The Morgan fingerprint density at radius 3 is 2.71 bits per heavy atom. The van der Waals surface area contributed by atoms with E-state index in [-0.39, 0.29) is 16.9 Å². The summed E-state index contributed by atoms with van der Waals surface area (Å²) in [6.45, 7) is 1.98. The number of hydrogen-bond donors (Lipinski definition) is 0. The average molecular weight is 215 g/mol. The summed E-state index contributed by atoms with van der Waals surface area (Å²) in [7, 11) is -3.01. The summed E-state index contributed by atoms with van der Waals surface area (Å²) < 4.78 is 23.6. The van der Waals surface area contributed by atoms with Crippen LogP contribution in [0.5, 0.6) is 0 Å². The van der Waals surface area contributed by atoms with Crippen molar-refractivity contribution in [1.29, 1.82) is 5.26 Å². The zero-order chi connectivity index (χ0) is 10.6. The van der Waals surface area contributed by atoms with Crippen LogP contribution in [0.25, 0.3) is 0 Å². The van der Waals surface area contributed by atoms with E-state index in [9.17, 15) is 8.42 Å². The number of nitriles is 1. The van der Waals surface area contributed by atoms with Crippen LogP contribution >= 0.6 is 0 Å². The lowest BCUT2D eigenvalue weighted by Crippen LogP contribution is -2.26. The Hall–Kier alpha value is -0.560. The lowest BCUT2D eigenvalue weighted by Gasteiger charge is -2.13. The minimum Gasteiger partial charge on any atom is -0.229 e. The van der Waals surface area contributed by atoms with E-state index in [1.807, 2.05) is 6.92 Å². The largest absolute Gasteiger partial charge is 0.229 e. The first-order valence-corrected chi connectivity index (χ1v) is 6.94. The maximum absolute atomic E-state index is 11.8. The molecule has 0 spiro atoms. The van der Waals surface area contributed by atoms with Crippen LogP contribution in [-0.2, 0) is 9.84 Å². The zero-order valence-electron chi connectivity index (χ0n) is 8.57. The van der Waals surface area contributed by atoms with Crippen molar-refractivity contribution in [3.63, 3.8) is 0 Å². The van der Waals surface area contributed by atoms with E-state index in [2.05, 4.69) is 6.07 Å². The number of hydrogen-bond acceptors (Lipinski definition) is 3. The zero-order valence-corrected chi connectivity index (χ0v) is 9.39. The fourth-order valence-electron chi connectivity index (χ4n) is 2.00.